The average molecular weight is 513 g/mol. The molecule has 1 fully saturated rings. The summed E-state index contributed by atoms with van der Waals surface area (Å²) in [5, 5.41) is 3.63. The highest BCUT2D eigenvalue weighted by Crippen LogP contribution is 2.22. The highest BCUT2D eigenvalue weighted by molar-refractivity contribution is 7.18. The van der Waals surface area contributed by atoms with E-state index in [-0.39, 0.29) is 17.1 Å². The van der Waals surface area contributed by atoms with Gasteiger partial charge < -0.3 is 25.6 Å². The largest absolute Gasteiger partial charge is 0.480 e. The normalized spacial score (nSPS) is 15.2. The molecule has 3 heterocycles. The van der Waals surface area contributed by atoms with Gasteiger partial charge >= 0.3 is 11.8 Å². The second kappa shape index (κ2) is 12.4. The van der Waals surface area contributed by atoms with Crippen LogP contribution >= 0.6 is 11.3 Å². The van der Waals surface area contributed by atoms with Crippen LogP contribution in [0.25, 0.3) is 10.2 Å². The van der Waals surface area contributed by atoms with E-state index >= 15 is 0 Å². The Morgan fingerprint density at radius 1 is 1.28 bits per heavy atom. The Morgan fingerprint density at radius 2 is 2.03 bits per heavy atom. The van der Waals surface area contributed by atoms with Gasteiger partial charge in [-0.1, -0.05) is 19.1 Å². The minimum atomic E-state index is -0.763. The lowest BCUT2D eigenvalue weighted by Crippen LogP contribution is -2.44. The number of aromatic nitrogens is 2. The van der Waals surface area contributed by atoms with E-state index in [1.807, 2.05) is 13.0 Å². The number of hydrogen-bond donors (Lipinski definition) is 2. The number of benzene rings is 1. The van der Waals surface area contributed by atoms with Gasteiger partial charge in [0.05, 0.1) is 29.2 Å². The second-order valence-corrected chi connectivity index (χ2v) is 10.0. The number of fused-ring (bicyclic) bond motifs is 1. The third kappa shape index (κ3) is 7.22. The number of nitrogens with two attached hydrogens (primary N) is 1. The van der Waals surface area contributed by atoms with Crippen molar-refractivity contribution in [3.8, 4) is 5.88 Å². The van der Waals surface area contributed by atoms with E-state index in [1.54, 1.807) is 11.3 Å². The van der Waals surface area contributed by atoms with E-state index in [0.29, 0.717) is 19.0 Å². The molecule has 0 aliphatic carbocycles. The number of methoxy groups -OCH3 is 1. The van der Waals surface area contributed by atoms with Crippen LogP contribution in [-0.2, 0) is 16.1 Å². The van der Waals surface area contributed by atoms with Gasteiger partial charge in [0.15, 0.2) is 0 Å². The number of piperidine rings is 1. The summed E-state index contributed by atoms with van der Waals surface area (Å²) in [5.41, 5.74) is 6.59. The Hall–Kier alpha value is -3.57. The maximum absolute atomic E-state index is 12.2. The first-order valence-electron chi connectivity index (χ1n) is 11.6. The summed E-state index contributed by atoms with van der Waals surface area (Å²) in [4.78, 5) is 47.7. The second-order valence-electron chi connectivity index (χ2n) is 8.91. The zero-order valence-electron chi connectivity index (χ0n) is 21.0. The number of pyridine rings is 1. The summed E-state index contributed by atoms with van der Waals surface area (Å²) in [6.07, 6.45) is 3.24. The lowest BCUT2D eigenvalue weighted by atomic mass is 10.0. The number of anilines is 1. The predicted molar refractivity (Wildman–Crippen MR) is 140 cm³/mol. The molecule has 1 atom stereocenters. The lowest BCUT2D eigenvalue weighted by Gasteiger charge is -2.30. The summed E-state index contributed by atoms with van der Waals surface area (Å²) in [5.74, 6) is -1.65. The standard InChI is InChI=1S/C15H20N4O4.C10H12N2S/c1-9-4-3-5-19(8-9)15(22)13(21)18-10-6-11(12(16)20)14(23-2)17-7-10;1-12(2)7-10-11-8-5-3-4-6-9(8)13-10/h6-7,9H,3-5,8H2,1-2H3,(H2,16,20)(H,18,21);3-6H,7H2,1-2H3. The molecule has 2 aromatic heterocycles. The van der Waals surface area contributed by atoms with Crippen LogP contribution in [0.15, 0.2) is 36.5 Å². The van der Waals surface area contributed by atoms with Crippen molar-refractivity contribution in [2.24, 2.45) is 11.7 Å². The van der Waals surface area contributed by atoms with Crippen molar-refractivity contribution < 1.29 is 19.1 Å². The molecule has 1 aliphatic heterocycles. The van der Waals surface area contributed by atoms with Crippen molar-refractivity contribution in [3.05, 3.63) is 47.1 Å². The van der Waals surface area contributed by atoms with Crippen LogP contribution in [-0.4, -0.2) is 71.8 Å². The Balaban J connectivity index is 0.000000233. The molecule has 0 spiro atoms. The maximum atomic E-state index is 12.2. The summed E-state index contributed by atoms with van der Waals surface area (Å²) >= 11 is 1.77. The molecule has 36 heavy (non-hydrogen) atoms. The Kier molecular flexibility index (Phi) is 9.31. The zero-order chi connectivity index (χ0) is 26.2. The Labute approximate surface area is 214 Å². The van der Waals surface area contributed by atoms with Gasteiger partial charge in [-0.25, -0.2) is 9.97 Å². The molecule has 0 bridgehead atoms. The quantitative estimate of drug-likeness (QED) is 0.503. The van der Waals surface area contributed by atoms with Gasteiger partial charge in [0, 0.05) is 19.6 Å². The molecule has 1 saturated heterocycles. The number of rotatable bonds is 5. The highest BCUT2D eigenvalue weighted by atomic mass is 32.1. The van der Waals surface area contributed by atoms with Gasteiger partial charge in [-0.3, -0.25) is 14.4 Å². The van der Waals surface area contributed by atoms with E-state index < -0.39 is 17.7 Å². The topological polar surface area (TPSA) is 131 Å². The SMILES string of the molecule is CN(C)Cc1nc2ccccc2s1.COc1ncc(NC(=O)C(=O)N2CCCC(C)C2)cc1C(N)=O. The van der Waals surface area contributed by atoms with Crippen molar-refractivity contribution in [3.63, 3.8) is 0 Å². The summed E-state index contributed by atoms with van der Waals surface area (Å²) in [6.45, 7) is 4.12. The molecule has 4 rings (SSSR count). The van der Waals surface area contributed by atoms with Gasteiger partial charge in [0.2, 0.25) is 5.88 Å². The lowest BCUT2D eigenvalue weighted by molar-refractivity contribution is -0.144. The number of primary amides is 1. The number of ether oxygens (including phenoxy) is 1. The number of carbonyl (C=O) groups excluding carboxylic acids is 3. The minimum Gasteiger partial charge on any atom is -0.480 e. The fourth-order valence-corrected chi connectivity index (χ4v) is 4.91. The fraction of sp³-hybridized carbons (Fsp3) is 0.400. The van der Waals surface area contributed by atoms with Crippen LogP contribution in [0.2, 0.25) is 0 Å². The van der Waals surface area contributed by atoms with Crippen molar-refractivity contribution in [2.75, 3.05) is 39.6 Å². The molecular formula is C25H32N6O4S. The van der Waals surface area contributed by atoms with Gasteiger partial charge in [0.1, 0.15) is 10.6 Å². The number of nitrogens with zero attached hydrogens (tertiary/aromatic N) is 4. The predicted octanol–water partition coefficient (Wildman–Crippen LogP) is 2.74. The first-order chi connectivity index (χ1) is 17.2. The van der Waals surface area contributed by atoms with E-state index in [0.717, 1.165) is 24.9 Å². The van der Waals surface area contributed by atoms with Crippen LogP contribution in [0.4, 0.5) is 5.69 Å². The summed E-state index contributed by atoms with van der Waals surface area (Å²) < 4.78 is 6.20. The van der Waals surface area contributed by atoms with E-state index in [2.05, 4.69) is 52.5 Å². The first kappa shape index (κ1) is 27.0. The van der Waals surface area contributed by atoms with E-state index in [9.17, 15) is 14.4 Å². The molecule has 3 N–H and O–H groups in total. The molecular weight excluding hydrogens is 480 g/mol. The molecule has 10 nitrogen and oxygen atoms in total. The molecule has 11 heteroatoms. The monoisotopic (exact) mass is 512 g/mol. The average Bonchev–Trinajstić information content (AvgIpc) is 3.25. The molecule has 0 radical (unpaired) electrons. The molecule has 1 unspecified atom stereocenters. The van der Waals surface area contributed by atoms with Crippen molar-refractivity contribution in [2.45, 2.75) is 26.3 Å². The third-order valence-electron chi connectivity index (χ3n) is 5.50. The third-order valence-corrected chi connectivity index (χ3v) is 6.52. The van der Waals surface area contributed by atoms with Gasteiger partial charge in [-0.2, -0.15) is 0 Å². The van der Waals surface area contributed by atoms with Crippen molar-refractivity contribution >= 4 is 45.0 Å². The number of nitrogens with one attached hydrogen (secondary N) is 1. The summed E-state index contributed by atoms with van der Waals surface area (Å²) in [6, 6.07) is 9.59. The van der Waals surface area contributed by atoms with Crippen LogP contribution in [0, 0.1) is 5.92 Å². The number of likely N-dealkylation sites (tertiary alicyclic amines) is 1. The van der Waals surface area contributed by atoms with E-state index in [1.165, 1.54) is 34.0 Å². The molecule has 0 saturated carbocycles. The van der Waals surface area contributed by atoms with Crippen molar-refractivity contribution in [1.29, 1.82) is 0 Å². The van der Waals surface area contributed by atoms with Crippen LogP contribution < -0.4 is 15.8 Å². The zero-order valence-corrected chi connectivity index (χ0v) is 21.8. The van der Waals surface area contributed by atoms with Crippen LogP contribution in [0.3, 0.4) is 0 Å². The van der Waals surface area contributed by atoms with Gasteiger partial charge in [-0.05, 0) is 51.1 Å². The minimum absolute atomic E-state index is 0.0318. The maximum Gasteiger partial charge on any atom is 0.313 e. The first-order valence-corrected chi connectivity index (χ1v) is 12.4. The number of hydrogen-bond acceptors (Lipinski definition) is 8. The Morgan fingerprint density at radius 3 is 2.67 bits per heavy atom. The molecule has 192 valence electrons. The number of para-hydroxylation sites is 1. The van der Waals surface area contributed by atoms with Crippen molar-refractivity contribution in [1.82, 2.24) is 19.8 Å². The Bertz CT molecular complexity index is 1200. The van der Waals surface area contributed by atoms with Crippen LogP contribution in [0.5, 0.6) is 5.88 Å². The number of thiazole rings is 1. The molecule has 1 aliphatic rings. The molecule has 3 amide bonds. The van der Waals surface area contributed by atoms with E-state index in [4.69, 9.17) is 10.5 Å². The summed E-state index contributed by atoms with van der Waals surface area (Å²) in [7, 11) is 5.48. The highest BCUT2D eigenvalue weighted by Gasteiger charge is 2.26. The fourth-order valence-electron chi connectivity index (χ4n) is 3.82. The van der Waals surface area contributed by atoms with Gasteiger partial charge in [-0.15, -0.1) is 11.3 Å². The van der Waals surface area contributed by atoms with Gasteiger partial charge in [0.25, 0.3) is 5.91 Å². The van der Waals surface area contributed by atoms with Crippen LogP contribution in [0.1, 0.15) is 35.1 Å². The molecule has 3 aromatic rings. The number of carbonyl (C=O) groups is 3. The molecule has 1 aromatic carbocycles. The smallest absolute Gasteiger partial charge is 0.313 e. The number of amides is 3.